The van der Waals surface area contributed by atoms with E-state index in [9.17, 15) is 9.90 Å². The first kappa shape index (κ1) is 14.3. The molecule has 5 heteroatoms. The van der Waals surface area contributed by atoms with Crippen molar-refractivity contribution in [3.63, 3.8) is 0 Å². The number of aliphatic hydroxyl groups is 2. The molecule has 1 rings (SSSR count). The maximum absolute atomic E-state index is 11.6. The lowest BCUT2D eigenvalue weighted by atomic mass is 9.93. The molecule has 0 spiro atoms. The van der Waals surface area contributed by atoms with E-state index in [-0.39, 0.29) is 24.7 Å². The molecule has 0 bridgehead atoms. The van der Waals surface area contributed by atoms with E-state index in [1.54, 1.807) is 0 Å². The van der Waals surface area contributed by atoms with Crippen molar-refractivity contribution in [3.8, 4) is 0 Å². The second-order valence-electron chi connectivity index (χ2n) is 4.84. The monoisotopic (exact) mass is 244 g/mol. The molecule has 17 heavy (non-hydrogen) atoms. The van der Waals surface area contributed by atoms with Gasteiger partial charge in [0.15, 0.2) is 0 Å². The number of aliphatic hydroxyl groups excluding tert-OH is 2. The van der Waals surface area contributed by atoms with E-state index >= 15 is 0 Å². The first-order valence-electron chi connectivity index (χ1n) is 6.49. The molecule has 1 saturated carbocycles. The molecule has 0 heterocycles. The zero-order chi connectivity index (χ0) is 12.7. The predicted octanol–water partition coefficient (Wildman–Crippen LogP) is 0.750. The summed E-state index contributed by atoms with van der Waals surface area (Å²) in [6.07, 6.45) is 4.74. The number of carbonyl (C=O) groups is 1. The molecule has 1 fully saturated rings. The number of nitrogens with one attached hydrogen (secondary N) is 2. The number of urea groups is 1. The highest BCUT2D eigenvalue weighted by atomic mass is 16.3. The van der Waals surface area contributed by atoms with Crippen LogP contribution in [0.2, 0.25) is 0 Å². The number of hydrogen-bond acceptors (Lipinski definition) is 3. The van der Waals surface area contributed by atoms with Gasteiger partial charge in [0.2, 0.25) is 0 Å². The highest BCUT2D eigenvalue weighted by Gasteiger charge is 2.24. The van der Waals surface area contributed by atoms with Crippen LogP contribution in [0.5, 0.6) is 0 Å². The fourth-order valence-electron chi connectivity index (χ4n) is 2.18. The molecule has 1 aliphatic carbocycles. The Morgan fingerprint density at radius 1 is 1.41 bits per heavy atom. The van der Waals surface area contributed by atoms with Crippen molar-refractivity contribution in [1.82, 2.24) is 10.6 Å². The van der Waals surface area contributed by atoms with Crippen molar-refractivity contribution >= 4 is 6.03 Å². The fourth-order valence-corrected chi connectivity index (χ4v) is 2.18. The van der Waals surface area contributed by atoms with Crippen molar-refractivity contribution in [2.45, 2.75) is 63.6 Å². The van der Waals surface area contributed by atoms with E-state index in [0.29, 0.717) is 6.42 Å². The van der Waals surface area contributed by atoms with Crippen LogP contribution in [-0.4, -0.2) is 41.0 Å². The zero-order valence-corrected chi connectivity index (χ0v) is 10.5. The van der Waals surface area contributed by atoms with Crippen molar-refractivity contribution in [1.29, 1.82) is 0 Å². The number of hydrogen-bond donors (Lipinski definition) is 4. The molecule has 2 amide bonds. The van der Waals surface area contributed by atoms with Gasteiger partial charge in [0.25, 0.3) is 0 Å². The molecule has 100 valence electrons. The van der Waals surface area contributed by atoms with Gasteiger partial charge in [-0.05, 0) is 32.6 Å². The van der Waals surface area contributed by atoms with Gasteiger partial charge in [0.1, 0.15) is 0 Å². The normalized spacial score (nSPS) is 26.3. The summed E-state index contributed by atoms with van der Waals surface area (Å²) in [7, 11) is 0. The van der Waals surface area contributed by atoms with Gasteiger partial charge >= 0.3 is 6.03 Å². The third-order valence-electron chi connectivity index (χ3n) is 3.22. The smallest absolute Gasteiger partial charge is 0.315 e. The Balaban J connectivity index is 2.23. The molecular formula is C12H24N2O3. The second kappa shape index (κ2) is 7.50. The van der Waals surface area contributed by atoms with E-state index in [0.717, 1.165) is 32.1 Å². The molecule has 0 aromatic rings. The van der Waals surface area contributed by atoms with Gasteiger partial charge in [-0.1, -0.05) is 12.8 Å². The second-order valence-corrected chi connectivity index (χ2v) is 4.84. The Labute approximate surface area is 103 Å². The lowest BCUT2D eigenvalue weighted by molar-refractivity contribution is 0.0940. The van der Waals surface area contributed by atoms with E-state index < -0.39 is 6.10 Å². The summed E-state index contributed by atoms with van der Waals surface area (Å²) in [5, 5.41) is 24.0. The summed E-state index contributed by atoms with van der Waals surface area (Å²) >= 11 is 0. The highest BCUT2D eigenvalue weighted by Crippen LogP contribution is 2.18. The molecule has 0 aromatic heterocycles. The van der Waals surface area contributed by atoms with E-state index in [4.69, 9.17) is 5.11 Å². The van der Waals surface area contributed by atoms with Crippen LogP contribution < -0.4 is 10.6 Å². The molecule has 3 atom stereocenters. The fraction of sp³-hybridized carbons (Fsp3) is 0.917. The maximum Gasteiger partial charge on any atom is 0.315 e. The number of rotatable bonds is 5. The summed E-state index contributed by atoms with van der Waals surface area (Å²) in [6.45, 7) is 2.06. The van der Waals surface area contributed by atoms with Crippen LogP contribution in [0.1, 0.15) is 45.4 Å². The Morgan fingerprint density at radius 2 is 2.12 bits per heavy atom. The lowest BCUT2D eigenvalue weighted by Gasteiger charge is -2.28. The summed E-state index contributed by atoms with van der Waals surface area (Å²) in [6, 6.07) is -0.293. The van der Waals surface area contributed by atoms with Gasteiger partial charge in [-0.3, -0.25) is 0 Å². The number of carbonyl (C=O) groups excluding carboxylic acids is 1. The zero-order valence-electron chi connectivity index (χ0n) is 10.5. The van der Waals surface area contributed by atoms with Crippen LogP contribution in [-0.2, 0) is 0 Å². The number of amides is 2. The molecule has 5 nitrogen and oxygen atoms in total. The molecule has 0 saturated heterocycles. The molecule has 4 N–H and O–H groups in total. The summed E-state index contributed by atoms with van der Waals surface area (Å²) < 4.78 is 0. The van der Waals surface area contributed by atoms with Crippen LogP contribution in [0.3, 0.4) is 0 Å². The molecular weight excluding hydrogens is 220 g/mol. The quantitative estimate of drug-likeness (QED) is 0.576. The summed E-state index contributed by atoms with van der Waals surface area (Å²) in [4.78, 5) is 11.6. The van der Waals surface area contributed by atoms with Crippen molar-refractivity contribution in [2.24, 2.45) is 0 Å². The van der Waals surface area contributed by atoms with Gasteiger partial charge in [-0.25, -0.2) is 4.79 Å². The Kier molecular flexibility index (Phi) is 6.29. The van der Waals surface area contributed by atoms with Crippen LogP contribution in [0, 0.1) is 0 Å². The van der Waals surface area contributed by atoms with Crippen molar-refractivity contribution in [3.05, 3.63) is 0 Å². The van der Waals surface area contributed by atoms with E-state index in [1.165, 1.54) is 0 Å². The molecule has 0 aromatic carbocycles. The van der Waals surface area contributed by atoms with E-state index in [2.05, 4.69) is 10.6 Å². The summed E-state index contributed by atoms with van der Waals surface area (Å²) in [5.74, 6) is 0. The van der Waals surface area contributed by atoms with Gasteiger partial charge in [0, 0.05) is 12.6 Å². The van der Waals surface area contributed by atoms with Crippen LogP contribution in [0.4, 0.5) is 4.79 Å². The Hall–Kier alpha value is -0.810. The van der Waals surface area contributed by atoms with Crippen molar-refractivity contribution in [2.75, 3.05) is 6.61 Å². The topological polar surface area (TPSA) is 81.6 Å². The molecule has 1 aliphatic rings. The van der Waals surface area contributed by atoms with Crippen LogP contribution >= 0.6 is 0 Å². The third-order valence-corrected chi connectivity index (χ3v) is 3.22. The standard InChI is InChI=1S/C12H24N2O3/c1-9(5-4-8-15)13-12(17)14-10-6-2-3-7-11(10)16/h9-11,15-16H,2-8H2,1H3,(H2,13,14,17). The maximum atomic E-state index is 11.6. The van der Waals surface area contributed by atoms with Gasteiger partial charge in [-0.2, -0.15) is 0 Å². The average Bonchev–Trinajstić information content (AvgIpc) is 2.29. The molecule has 0 radical (unpaired) electrons. The Bertz CT molecular complexity index is 236. The minimum Gasteiger partial charge on any atom is -0.396 e. The van der Waals surface area contributed by atoms with Gasteiger partial charge in [0.05, 0.1) is 12.1 Å². The third kappa shape index (κ3) is 5.37. The van der Waals surface area contributed by atoms with Crippen LogP contribution in [0.25, 0.3) is 0 Å². The molecule has 0 aliphatic heterocycles. The first-order valence-corrected chi connectivity index (χ1v) is 6.49. The average molecular weight is 244 g/mol. The molecule has 3 unspecified atom stereocenters. The minimum absolute atomic E-state index is 0.0443. The van der Waals surface area contributed by atoms with Crippen molar-refractivity contribution < 1.29 is 15.0 Å². The minimum atomic E-state index is -0.415. The SMILES string of the molecule is CC(CCCO)NC(=O)NC1CCCCC1O. The van der Waals surface area contributed by atoms with E-state index in [1.807, 2.05) is 6.92 Å². The van der Waals surface area contributed by atoms with Crippen LogP contribution in [0.15, 0.2) is 0 Å². The first-order chi connectivity index (χ1) is 8.13. The summed E-state index contributed by atoms with van der Waals surface area (Å²) in [5.41, 5.74) is 0. The predicted molar refractivity (Wildman–Crippen MR) is 65.7 cm³/mol. The van der Waals surface area contributed by atoms with Gasteiger partial charge in [-0.15, -0.1) is 0 Å². The largest absolute Gasteiger partial charge is 0.396 e. The highest BCUT2D eigenvalue weighted by molar-refractivity contribution is 5.74. The Morgan fingerprint density at radius 3 is 2.76 bits per heavy atom. The van der Waals surface area contributed by atoms with Gasteiger partial charge < -0.3 is 20.8 Å². The lowest BCUT2D eigenvalue weighted by Crippen LogP contribution is -2.50.